The number of nitrogens with one attached hydrogen (secondary N) is 1. The number of aliphatic carboxylic acids is 1. The van der Waals surface area contributed by atoms with Gasteiger partial charge < -0.3 is 10.4 Å². The maximum absolute atomic E-state index is 12.4. The van der Waals surface area contributed by atoms with Crippen molar-refractivity contribution in [3.63, 3.8) is 0 Å². The van der Waals surface area contributed by atoms with Crippen molar-refractivity contribution in [2.24, 2.45) is 0 Å². The van der Waals surface area contributed by atoms with Gasteiger partial charge in [-0.05, 0) is 31.2 Å². The lowest BCUT2D eigenvalue weighted by atomic mass is 9.74. The molecule has 0 aliphatic heterocycles. The van der Waals surface area contributed by atoms with Crippen LogP contribution in [0.15, 0.2) is 18.2 Å². The Balaban J connectivity index is 2.24. The van der Waals surface area contributed by atoms with E-state index < -0.39 is 22.3 Å². The zero-order valence-corrected chi connectivity index (χ0v) is 13.2. The highest BCUT2D eigenvalue weighted by Crippen LogP contribution is 2.35. The number of hydrogen-bond donors (Lipinski definition) is 2. The molecule has 7 nitrogen and oxygen atoms in total. The molecule has 2 rings (SSSR count). The van der Waals surface area contributed by atoms with Crippen molar-refractivity contribution in [1.29, 1.82) is 0 Å². The highest BCUT2D eigenvalue weighted by atomic mass is 16.6. The Hall–Kier alpha value is -2.44. The van der Waals surface area contributed by atoms with Crippen molar-refractivity contribution >= 4 is 17.6 Å². The van der Waals surface area contributed by atoms with Crippen molar-refractivity contribution in [3.8, 4) is 0 Å². The first-order valence-electron chi connectivity index (χ1n) is 7.57. The van der Waals surface area contributed by atoms with Crippen molar-refractivity contribution < 1.29 is 19.6 Å². The second-order valence-corrected chi connectivity index (χ2v) is 6.34. The van der Waals surface area contributed by atoms with Gasteiger partial charge in [-0.25, -0.2) is 0 Å². The first-order chi connectivity index (χ1) is 10.7. The SMILES string of the molecule is CC(C)c1ccc(C(=O)NC2(CC(=O)O)CCC2)cc1[N+](=O)[O-]. The molecule has 1 fully saturated rings. The van der Waals surface area contributed by atoms with Crippen LogP contribution in [-0.4, -0.2) is 27.4 Å². The van der Waals surface area contributed by atoms with Gasteiger partial charge in [0.15, 0.2) is 0 Å². The van der Waals surface area contributed by atoms with E-state index in [-0.39, 0.29) is 23.6 Å². The summed E-state index contributed by atoms with van der Waals surface area (Å²) in [6, 6.07) is 4.39. The number of hydrogen-bond acceptors (Lipinski definition) is 4. The highest BCUT2D eigenvalue weighted by Gasteiger charge is 2.40. The van der Waals surface area contributed by atoms with Crippen molar-refractivity contribution in [1.82, 2.24) is 5.32 Å². The first-order valence-corrected chi connectivity index (χ1v) is 7.57. The molecule has 124 valence electrons. The zero-order chi connectivity index (χ0) is 17.2. The molecule has 1 aromatic carbocycles. The van der Waals surface area contributed by atoms with E-state index in [0.29, 0.717) is 18.4 Å². The fourth-order valence-electron chi connectivity index (χ4n) is 2.88. The lowest BCUT2D eigenvalue weighted by Crippen LogP contribution is -2.54. The molecule has 0 spiro atoms. The van der Waals surface area contributed by atoms with E-state index in [9.17, 15) is 19.7 Å². The maximum atomic E-state index is 12.4. The van der Waals surface area contributed by atoms with E-state index in [2.05, 4.69) is 5.32 Å². The van der Waals surface area contributed by atoms with Gasteiger partial charge in [0.1, 0.15) is 0 Å². The van der Waals surface area contributed by atoms with Crippen LogP contribution in [0.4, 0.5) is 5.69 Å². The summed E-state index contributed by atoms with van der Waals surface area (Å²) in [6.07, 6.45) is 1.94. The van der Waals surface area contributed by atoms with Crippen molar-refractivity contribution in [2.45, 2.75) is 51.0 Å². The number of carboxylic acid groups (broad SMARTS) is 1. The number of nitro groups is 1. The predicted molar refractivity (Wildman–Crippen MR) is 83.5 cm³/mol. The van der Waals surface area contributed by atoms with Crippen LogP contribution in [0.2, 0.25) is 0 Å². The van der Waals surface area contributed by atoms with E-state index in [0.717, 1.165) is 6.42 Å². The van der Waals surface area contributed by atoms with Crippen LogP contribution >= 0.6 is 0 Å². The summed E-state index contributed by atoms with van der Waals surface area (Å²) in [5.41, 5.74) is -0.0734. The standard InChI is InChI=1S/C16H20N2O5/c1-10(2)12-5-4-11(8-13(12)18(22)23)15(21)17-16(6-3-7-16)9-14(19)20/h4-5,8,10H,3,6-7,9H2,1-2H3,(H,17,21)(H,19,20). The molecule has 1 amide bonds. The summed E-state index contributed by atoms with van der Waals surface area (Å²) in [5, 5.41) is 22.9. The van der Waals surface area contributed by atoms with Crippen molar-refractivity contribution in [3.05, 3.63) is 39.4 Å². The Morgan fingerprint density at radius 1 is 1.39 bits per heavy atom. The van der Waals surface area contributed by atoms with Crippen molar-refractivity contribution in [2.75, 3.05) is 0 Å². The van der Waals surface area contributed by atoms with E-state index in [1.165, 1.54) is 6.07 Å². The minimum Gasteiger partial charge on any atom is -0.481 e. The minimum atomic E-state index is -0.967. The molecule has 1 aliphatic carbocycles. The van der Waals surface area contributed by atoms with Gasteiger partial charge in [-0.2, -0.15) is 0 Å². The first kappa shape index (κ1) is 16.9. The molecule has 0 radical (unpaired) electrons. The Kier molecular flexibility index (Phi) is 4.68. The highest BCUT2D eigenvalue weighted by molar-refractivity contribution is 5.96. The van der Waals surface area contributed by atoms with Crippen LogP contribution in [0.25, 0.3) is 0 Å². The monoisotopic (exact) mass is 320 g/mol. The van der Waals surface area contributed by atoms with Gasteiger partial charge in [0.25, 0.3) is 11.6 Å². The Morgan fingerprint density at radius 2 is 2.04 bits per heavy atom. The molecule has 1 saturated carbocycles. The summed E-state index contributed by atoms with van der Waals surface area (Å²) >= 11 is 0. The number of rotatable bonds is 6. The molecule has 1 aromatic rings. The molecular formula is C16H20N2O5. The lowest BCUT2D eigenvalue weighted by molar-refractivity contribution is -0.385. The molecule has 0 aromatic heterocycles. The summed E-state index contributed by atoms with van der Waals surface area (Å²) in [5.74, 6) is -1.46. The molecule has 2 N–H and O–H groups in total. The van der Waals surface area contributed by atoms with Gasteiger partial charge in [0, 0.05) is 17.2 Å². The van der Waals surface area contributed by atoms with Crippen LogP contribution < -0.4 is 5.32 Å². The zero-order valence-electron chi connectivity index (χ0n) is 13.2. The second kappa shape index (κ2) is 6.36. The third-order valence-corrected chi connectivity index (χ3v) is 4.29. The molecule has 0 heterocycles. The van der Waals surface area contributed by atoms with Gasteiger partial charge in [0.2, 0.25) is 0 Å². The van der Waals surface area contributed by atoms with Crippen LogP contribution in [0.3, 0.4) is 0 Å². The van der Waals surface area contributed by atoms with Crippen LogP contribution in [0.5, 0.6) is 0 Å². The molecule has 7 heteroatoms. The summed E-state index contributed by atoms with van der Waals surface area (Å²) in [7, 11) is 0. The topological polar surface area (TPSA) is 110 Å². The lowest BCUT2D eigenvalue weighted by Gasteiger charge is -2.41. The van der Waals surface area contributed by atoms with Gasteiger partial charge >= 0.3 is 5.97 Å². The molecule has 0 bridgehead atoms. The van der Waals surface area contributed by atoms with Crippen LogP contribution in [-0.2, 0) is 4.79 Å². The number of benzene rings is 1. The maximum Gasteiger partial charge on any atom is 0.305 e. The molecule has 23 heavy (non-hydrogen) atoms. The Labute approximate surface area is 133 Å². The van der Waals surface area contributed by atoms with Crippen LogP contribution in [0.1, 0.15) is 61.4 Å². The fraction of sp³-hybridized carbons (Fsp3) is 0.500. The average molecular weight is 320 g/mol. The van der Waals surface area contributed by atoms with Gasteiger partial charge in [0.05, 0.1) is 16.9 Å². The van der Waals surface area contributed by atoms with Crippen LogP contribution in [0, 0.1) is 10.1 Å². The third kappa shape index (κ3) is 3.67. The Morgan fingerprint density at radius 3 is 2.48 bits per heavy atom. The van der Waals surface area contributed by atoms with Gasteiger partial charge in [-0.3, -0.25) is 19.7 Å². The molecule has 0 saturated heterocycles. The third-order valence-electron chi connectivity index (χ3n) is 4.29. The minimum absolute atomic E-state index is 0.0301. The number of nitrogens with zero attached hydrogens (tertiary/aromatic N) is 1. The summed E-state index contributed by atoms with van der Waals surface area (Å²) < 4.78 is 0. The number of carboxylic acids is 1. The average Bonchev–Trinajstić information content (AvgIpc) is 2.43. The van der Waals surface area contributed by atoms with E-state index >= 15 is 0 Å². The molecule has 1 aliphatic rings. The summed E-state index contributed by atoms with van der Waals surface area (Å²) in [6.45, 7) is 3.69. The molecular weight excluding hydrogens is 300 g/mol. The number of amides is 1. The fourth-order valence-corrected chi connectivity index (χ4v) is 2.88. The number of nitro benzene ring substituents is 1. The smallest absolute Gasteiger partial charge is 0.305 e. The largest absolute Gasteiger partial charge is 0.481 e. The second-order valence-electron chi connectivity index (χ2n) is 6.34. The summed E-state index contributed by atoms with van der Waals surface area (Å²) in [4.78, 5) is 34.0. The van der Waals surface area contributed by atoms with E-state index in [1.807, 2.05) is 13.8 Å². The molecule has 0 atom stereocenters. The van der Waals surface area contributed by atoms with E-state index in [4.69, 9.17) is 5.11 Å². The Bertz CT molecular complexity index is 650. The normalized spacial score (nSPS) is 15.8. The predicted octanol–water partition coefficient (Wildman–Crippen LogP) is 2.85. The van der Waals surface area contributed by atoms with Gasteiger partial charge in [-0.15, -0.1) is 0 Å². The number of carbonyl (C=O) groups excluding carboxylic acids is 1. The quantitative estimate of drug-likeness (QED) is 0.618. The molecule has 0 unspecified atom stereocenters. The van der Waals surface area contributed by atoms with Gasteiger partial charge in [-0.1, -0.05) is 19.9 Å². The van der Waals surface area contributed by atoms with E-state index in [1.54, 1.807) is 12.1 Å². The number of carbonyl (C=O) groups is 2.